The minimum absolute atomic E-state index is 0.638. The van der Waals surface area contributed by atoms with Crippen molar-refractivity contribution in [2.24, 2.45) is 4.99 Å². The van der Waals surface area contributed by atoms with Gasteiger partial charge in [-0.15, -0.1) is 0 Å². The predicted octanol–water partition coefficient (Wildman–Crippen LogP) is 1.83. The van der Waals surface area contributed by atoms with Crippen LogP contribution in [0.5, 0.6) is 0 Å². The van der Waals surface area contributed by atoms with Crippen LogP contribution in [-0.2, 0) is 0 Å². The molecule has 0 saturated carbocycles. The Morgan fingerprint density at radius 3 is 2.92 bits per heavy atom. The van der Waals surface area contributed by atoms with Gasteiger partial charge in [-0.3, -0.25) is 9.89 Å². The second-order valence-electron chi connectivity index (χ2n) is 3.79. The molecule has 0 N–H and O–H groups in total. The van der Waals surface area contributed by atoms with E-state index in [0.29, 0.717) is 6.04 Å². The van der Waals surface area contributed by atoms with E-state index in [2.05, 4.69) is 29.9 Å². The molecule has 0 bridgehead atoms. The van der Waals surface area contributed by atoms with Crippen LogP contribution in [0.1, 0.15) is 26.2 Å². The van der Waals surface area contributed by atoms with Gasteiger partial charge in [-0.05, 0) is 33.4 Å². The molecule has 66 valence electrons. The Balaban J connectivity index is 2.07. The number of allylic oxidation sites excluding steroid dienone is 2. The summed E-state index contributed by atoms with van der Waals surface area (Å²) in [6.07, 6.45) is 5.94. The Morgan fingerprint density at radius 2 is 2.42 bits per heavy atom. The second kappa shape index (κ2) is 3.02. The highest BCUT2D eigenvalue weighted by atomic mass is 15.2. The first kappa shape index (κ1) is 7.99. The van der Waals surface area contributed by atoms with Crippen molar-refractivity contribution in [2.45, 2.75) is 32.2 Å². The van der Waals surface area contributed by atoms with Gasteiger partial charge in [0.15, 0.2) is 0 Å². The van der Waals surface area contributed by atoms with Crippen LogP contribution in [0.25, 0.3) is 0 Å². The zero-order valence-corrected chi connectivity index (χ0v) is 7.88. The van der Waals surface area contributed by atoms with Gasteiger partial charge in [0.25, 0.3) is 0 Å². The van der Waals surface area contributed by atoms with Crippen LogP contribution in [0.4, 0.5) is 0 Å². The van der Waals surface area contributed by atoms with E-state index in [4.69, 9.17) is 0 Å². The largest absolute Gasteiger partial charge is 0.298 e. The zero-order valence-electron chi connectivity index (χ0n) is 7.88. The Bertz CT molecular complexity index is 240. The maximum absolute atomic E-state index is 4.56. The Labute approximate surface area is 74.0 Å². The fourth-order valence-corrected chi connectivity index (χ4v) is 2.11. The molecule has 2 heterocycles. The smallest absolute Gasteiger partial charge is 0.0482 e. The molecule has 0 radical (unpaired) electrons. The summed E-state index contributed by atoms with van der Waals surface area (Å²) in [5, 5.41) is 0. The van der Waals surface area contributed by atoms with Crippen LogP contribution in [-0.4, -0.2) is 30.2 Å². The van der Waals surface area contributed by atoms with Gasteiger partial charge in [0.1, 0.15) is 0 Å². The lowest BCUT2D eigenvalue weighted by Gasteiger charge is -2.18. The molecule has 0 aromatic heterocycles. The van der Waals surface area contributed by atoms with Gasteiger partial charge in [-0.2, -0.15) is 0 Å². The van der Waals surface area contributed by atoms with Crippen LogP contribution < -0.4 is 0 Å². The summed E-state index contributed by atoms with van der Waals surface area (Å²) in [5.41, 5.74) is 2.58. The van der Waals surface area contributed by atoms with E-state index in [9.17, 15) is 0 Å². The quantitative estimate of drug-likeness (QED) is 0.577. The molecule has 1 saturated heterocycles. The molecule has 0 unspecified atom stereocenters. The SMILES string of the molecule is CC1=CCC([C@H]2CCCN2C)=N1. The third kappa shape index (κ3) is 1.31. The van der Waals surface area contributed by atoms with Crippen LogP contribution in [0.15, 0.2) is 16.8 Å². The van der Waals surface area contributed by atoms with Gasteiger partial charge in [-0.25, -0.2) is 0 Å². The summed E-state index contributed by atoms with van der Waals surface area (Å²) in [7, 11) is 2.20. The molecule has 2 nitrogen and oxygen atoms in total. The van der Waals surface area contributed by atoms with Crippen molar-refractivity contribution in [3.05, 3.63) is 11.8 Å². The monoisotopic (exact) mass is 164 g/mol. The van der Waals surface area contributed by atoms with Gasteiger partial charge < -0.3 is 0 Å². The lowest BCUT2D eigenvalue weighted by Crippen LogP contribution is -2.31. The van der Waals surface area contributed by atoms with Gasteiger partial charge >= 0.3 is 0 Å². The predicted molar refractivity (Wildman–Crippen MR) is 51.5 cm³/mol. The molecule has 0 spiro atoms. The average molecular weight is 164 g/mol. The molecule has 2 heteroatoms. The maximum atomic E-state index is 4.56. The van der Waals surface area contributed by atoms with Crippen molar-refractivity contribution in [1.82, 2.24) is 4.90 Å². The lowest BCUT2D eigenvalue weighted by atomic mass is 10.1. The Morgan fingerprint density at radius 1 is 1.58 bits per heavy atom. The summed E-state index contributed by atoms with van der Waals surface area (Å²) >= 11 is 0. The maximum Gasteiger partial charge on any atom is 0.0482 e. The van der Waals surface area contributed by atoms with Crippen molar-refractivity contribution in [1.29, 1.82) is 0 Å². The van der Waals surface area contributed by atoms with Crippen molar-refractivity contribution < 1.29 is 0 Å². The number of nitrogens with zero attached hydrogens (tertiary/aromatic N) is 2. The standard InChI is InChI=1S/C10H16N2/c1-8-5-6-9(11-8)10-4-3-7-12(10)2/h5,10H,3-4,6-7H2,1-2H3/t10-/m1/s1. The zero-order chi connectivity index (χ0) is 8.55. The topological polar surface area (TPSA) is 15.6 Å². The van der Waals surface area contributed by atoms with Crippen LogP contribution in [0.2, 0.25) is 0 Å². The highest BCUT2D eigenvalue weighted by molar-refractivity contribution is 5.93. The summed E-state index contributed by atoms with van der Waals surface area (Å²) in [5.74, 6) is 0. The first-order chi connectivity index (χ1) is 5.77. The number of hydrogen-bond acceptors (Lipinski definition) is 2. The molecule has 1 atom stereocenters. The summed E-state index contributed by atoms with van der Waals surface area (Å²) < 4.78 is 0. The third-order valence-corrected chi connectivity index (χ3v) is 2.83. The van der Waals surface area contributed by atoms with Gasteiger partial charge in [0, 0.05) is 23.9 Å². The van der Waals surface area contributed by atoms with Crippen LogP contribution >= 0.6 is 0 Å². The van der Waals surface area contributed by atoms with Crippen molar-refractivity contribution >= 4 is 5.71 Å². The van der Waals surface area contributed by atoms with E-state index in [1.54, 1.807) is 0 Å². The molecule has 2 aliphatic rings. The van der Waals surface area contributed by atoms with E-state index in [1.807, 2.05) is 0 Å². The first-order valence-electron chi connectivity index (χ1n) is 4.72. The molecular weight excluding hydrogens is 148 g/mol. The van der Waals surface area contributed by atoms with Crippen molar-refractivity contribution in [3.63, 3.8) is 0 Å². The van der Waals surface area contributed by atoms with Gasteiger partial charge in [0.05, 0.1) is 0 Å². The molecule has 0 amide bonds. The summed E-state index contributed by atoms with van der Waals surface area (Å²) in [6.45, 7) is 3.32. The van der Waals surface area contributed by atoms with Crippen molar-refractivity contribution in [3.8, 4) is 0 Å². The second-order valence-corrected chi connectivity index (χ2v) is 3.79. The van der Waals surface area contributed by atoms with E-state index in [-0.39, 0.29) is 0 Å². The minimum atomic E-state index is 0.638. The highest BCUT2D eigenvalue weighted by Crippen LogP contribution is 2.22. The van der Waals surface area contributed by atoms with E-state index >= 15 is 0 Å². The fourth-order valence-electron chi connectivity index (χ4n) is 2.11. The third-order valence-electron chi connectivity index (χ3n) is 2.83. The van der Waals surface area contributed by atoms with E-state index in [1.165, 1.54) is 30.8 Å². The minimum Gasteiger partial charge on any atom is -0.298 e. The van der Waals surface area contributed by atoms with Gasteiger partial charge in [0.2, 0.25) is 0 Å². The number of likely N-dealkylation sites (tertiary alicyclic amines) is 1. The highest BCUT2D eigenvalue weighted by Gasteiger charge is 2.26. The molecule has 2 aliphatic heterocycles. The summed E-state index contributed by atoms with van der Waals surface area (Å²) in [6, 6.07) is 0.638. The molecule has 0 aromatic carbocycles. The molecule has 1 fully saturated rings. The first-order valence-corrected chi connectivity index (χ1v) is 4.72. The average Bonchev–Trinajstić information content (AvgIpc) is 2.58. The summed E-state index contributed by atoms with van der Waals surface area (Å²) in [4.78, 5) is 6.98. The Kier molecular flexibility index (Phi) is 2.01. The molecule has 2 rings (SSSR count). The Hall–Kier alpha value is -0.630. The van der Waals surface area contributed by atoms with Crippen LogP contribution in [0.3, 0.4) is 0 Å². The molecule has 12 heavy (non-hydrogen) atoms. The van der Waals surface area contributed by atoms with Crippen LogP contribution in [0, 0.1) is 0 Å². The number of hydrogen-bond donors (Lipinski definition) is 0. The molecule has 0 aromatic rings. The number of rotatable bonds is 1. The van der Waals surface area contributed by atoms with Gasteiger partial charge in [-0.1, -0.05) is 6.08 Å². The van der Waals surface area contributed by atoms with Crippen molar-refractivity contribution in [2.75, 3.05) is 13.6 Å². The number of aliphatic imine (C=N–C) groups is 1. The molecular formula is C10H16N2. The fraction of sp³-hybridized carbons (Fsp3) is 0.700. The normalized spacial score (nSPS) is 30.7. The molecule has 0 aliphatic carbocycles. The van der Waals surface area contributed by atoms with E-state index < -0.39 is 0 Å². The van der Waals surface area contributed by atoms with E-state index in [0.717, 1.165) is 6.42 Å². The lowest BCUT2D eigenvalue weighted by molar-refractivity contribution is 0.371.